The molecule has 1 saturated heterocycles. The Morgan fingerprint density at radius 2 is 2.00 bits per heavy atom. The van der Waals surface area contributed by atoms with E-state index in [1.807, 2.05) is 24.3 Å². The number of ether oxygens (including phenoxy) is 1. The van der Waals surface area contributed by atoms with Gasteiger partial charge in [0.25, 0.3) is 0 Å². The number of anilines is 1. The van der Waals surface area contributed by atoms with Crippen LogP contribution < -0.4 is 4.90 Å². The molecule has 0 aliphatic carbocycles. The summed E-state index contributed by atoms with van der Waals surface area (Å²) in [7, 11) is 0. The zero-order chi connectivity index (χ0) is 11.4. The van der Waals surface area contributed by atoms with E-state index in [0.717, 1.165) is 37.6 Å². The molecule has 0 aromatic heterocycles. The smallest absolute Gasteiger partial charge is 0.0945 e. The van der Waals surface area contributed by atoms with Crippen LogP contribution in [0.3, 0.4) is 0 Å². The van der Waals surface area contributed by atoms with E-state index in [-0.39, 0.29) is 5.88 Å². The highest BCUT2D eigenvalue weighted by atomic mass is 35.5. The molecular weight excluding hydrogens is 226 g/mol. The second-order valence-electron chi connectivity index (χ2n) is 3.83. The number of rotatable bonds is 3. The van der Waals surface area contributed by atoms with Crippen LogP contribution in [-0.4, -0.2) is 37.3 Å². The van der Waals surface area contributed by atoms with E-state index in [0.29, 0.717) is 0 Å². The fourth-order valence-electron chi connectivity index (χ4n) is 1.94. The monoisotopic (exact) mass is 241 g/mol. The Balaban J connectivity index is 2.24. The van der Waals surface area contributed by atoms with Crippen molar-refractivity contribution in [3.63, 3.8) is 0 Å². The number of nitrogens with zero attached hydrogens (tertiary/aromatic N) is 1. The van der Waals surface area contributed by atoms with Gasteiger partial charge in [-0.15, -0.1) is 11.6 Å². The lowest BCUT2D eigenvalue weighted by Crippen LogP contribution is -2.37. The maximum absolute atomic E-state index is 9.85. The number of benzene rings is 1. The number of alkyl halides is 1. The highest BCUT2D eigenvalue weighted by Crippen LogP contribution is 2.27. The summed E-state index contributed by atoms with van der Waals surface area (Å²) < 4.78 is 5.32. The van der Waals surface area contributed by atoms with Crippen molar-refractivity contribution >= 4 is 17.3 Å². The van der Waals surface area contributed by atoms with Crippen molar-refractivity contribution in [2.45, 2.75) is 6.10 Å². The number of aliphatic hydroxyl groups is 1. The van der Waals surface area contributed by atoms with Crippen molar-refractivity contribution in [3.8, 4) is 0 Å². The summed E-state index contributed by atoms with van der Waals surface area (Å²) in [5, 5.41) is 9.85. The Labute approximate surface area is 101 Å². The number of hydrogen-bond donors (Lipinski definition) is 1. The quantitative estimate of drug-likeness (QED) is 0.820. The Bertz CT molecular complexity index is 340. The highest BCUT2D eigenvalue weighted by molar-refractivity contribution is 6.18. The maximum Gasteiger partial charge on any atom is 0.0945 e. The zero-order valence-electron chi connectivity index (χ0n) is 9.10. The van der Waals surface area contributed by atoms with Crippen molar-refractivity contribution in [2.75, 3.05) is 37.1 Å². The molecule has 1 N–H and O–H groups in total. The van der Waals surface area contributed by atoms with E-state index in [1.165, 1.54) is 0 Å². The fraction of sp³-hybridized carbons (Fsp3) is 0.500. The second-order valence-corrected chi connectivity index (χ2v) is 4.14. The van der Waals surface area contributed by atoms with Crippen molar-refractivity contribution < 1.29 is 9.84 Å². The molecule has 1 aliphatic heterocycles. The minimum absolute atomic E-state index is 0.224. The summed E-state index contributed by atoms with van der Waals surface area (Å²) >= 11 is 5.70. The molecular formula is C12H16ClNO2. The number of aliphatic hydroxyl groups excluding tert-OH is 1. The molecule has 1 aromatic rings. The van der Waals surface area contributed by atoms with Crippen LogP contribution in [0.1, 0.15) is 11.7 Å². The van der Waals surface area contributed by atoms with Crippen LogP contribution >= 0.6 is 11.6 Å². The fourth-order valence-corrected chi connectivity index (χ4v) is 2.11. The first-order chi connectivity index (χ1) is 7.83. The first kappa shape index (κ1) is 11.7. The van der Waals surface area contributed by atoms with Gasteiger partial charge in [0.05, 0.1) is 25.2 Å². The van der Waals surface area contributed by atoms with Crippen molar-refractivity contribution in [1.82, 2.24) is 0 Å². The predicted octanol–water partition coefficient (Wildman–Crippen LogP) is 1.80. The van der Waals surface area contributed by atoms with Crippen LogP contribution in [0.2, 0.25) is 0 Å². The van der Waals surface area contributed by atoms with Crippen LogP contribution in [0.25, 0.3) is 0 Å². The third-order valence-corrected chi connectivity index (χ3v) is 3.09. The number of morpholine rings is 1. The lowest BCUT2D eigenvalue weighted by Gasteiger charge is -2.31. The zero-order valence-corrected chi connectivity index (χ0v) is 9.86. The summed E-state index contributed by atoms with van der Waals surface area (Å²) in [5.41, 5.74) is 1.97. The van der Waals surface area contributed by atoms with Gasteiger partial charge in [-0.25, -0.2) is 0 Å². The standard InChI is InChI=1S/C12H16ClNO2/c13-9-12(15)10-3-1-2-4-11(10)14-5-7-16-8-6-14/h1-4,12,15H,5-9H2. The molecule has 0 amide bonds. The number of halogens is 1. The highest BCUT2D eigenvalue weighted by Gasteiger charge is 2.17. The molecule has 1 atom stereocenters. The summed E-state index contributed by atoms with van der Waals surface area (Å²) in [4.78, 5) is 2.23. The van der Waals surface area contributed by atoms with Crippen LogP contribution in [0.5, 0.6) is 0 Å². The van der Waals surface area contributed by atoms with Crippen LogP contribution in [0.15, 0.2) is 24.3 Å². The molecule has 16 heavy (non-hydrogen) atoms. The third-order valence-electron chi connectivity index (χ3n) is 2.79. The van der Waals surface area contributed by atoms with Gasteiger partial charge in [-0.2, -0.15) is 0 Å². The average molecular weight is 242 g/mol. The van der Waals surface area contributed by atoms with Crippen molar-refractivity contribution in [2.24, 2.45) is 0 Å². The average Bonchev–Trinajstić information content (AvgIpc) is 2.39. The van der Waals surface area contributed by atoms with Crippen LogP contribution in [0, 0.1) is 0 Å². The summed E-state index contributed by atoms with van der Waals surface area (Å²) in [6.45, 7) is 3.22. The topological polar surface area (TPSA) is 32.7 Å². The van der Waals surface area contributed by atoms with E-state index in [9.17, 15) is 5.11 Å². The van der Waals surface area contributed by atoms with Gasteiger partial charge in [0.15, 0.2) is 0 Å². The third kappa shape index (κ3) is 2.48. The van der Waals surface area contributed by atoms with Crippen molar-refractivity contribution in [1.29, 1.82) is 0 Å². The minimum Gasteiger partial charge on any atom is -0.387 e. The van der Waals surface area contributed by atoms with Gasteiger partial charge >= 0.3 is 0 Å². The van der Waals surface area contributed by atoms with E-state index in [2.05, 4.69) is 4.90 Å². The van der Waals surface area contributed by atoms with E-state index in [4.69, 9.17) is 16.3 Å². The summed E-state index contributed by atoms with van der Waals surface area (Å²) in [6.07, 6.45) is -0.597. The summed E-state index contributed by atoms with van der Waals surface area (Å²) in [6, 6.07) is 7.86. The number of hydrogen-bond acceptors (Lipinski definition) is 3. The summed E-state index contributed by atoms with van der Waals surface area (Å²) in [5.74, 6) is 0.224. The second kappa shape index (κ2) is 5.53. The van der Waals surface area contributed by atoms with Gasteiger partial charge in [0, 0.05) is 24.3 Å². The van der Waals surface area contributed by atoms with Crippen LogP contribution in [-0.2, 0) is 4.74 Å². The molecule has 1 heterocycles. The van der Waals surface area contributed by atoms with Crippen LogP contribution in [0.4, 0.5) is 5.69 Å². The van der Waals surface area contributed by atoms with Crippen molar-refractivity contribution in [3.05, 3.63) is 29.8 Å². The Kier molecular flexibility index (Phi) is 4.04. The van der Waals surface area contributed by atoms with E-state index >= 15 is 0 Å². The van der Waals surface area contributed by atoms with Gasteiger partial charge in [0.1, 0.15) is 0 Å². The lowest BCUT2D eigenvalue weighted by molar-refractivity contribution is 0.122. The molecule has 4 heteroatoms. The molecule has 0 spiro atoms. The molecule has 1 fully saturated rings. The SMILES string of the molecule is OC(CCl)c1ccccc1N1CCOCC1. The first-order valence-electron chi connectivity index (χ1n) is 5.48. The largest absolute Gasteiger partial charge is 0.387 e. The lowest BCUT2D eigenvalue weighted by atomic mass is 10.1. The molecule has 0 saturated carbocycles. The Morgan fingerprint density at radius 1 is 1.31 bits per heavy atom. The molecule has 1 aromatic carbocycles. The van der Waals surface area contributed by atoms with Gasteiger partial charge in [-0.05, 0) is 6.07 Å². The molecule has 0 radical (unpaired) electrons. The molecule has 0 bridgehead atoms. The molecule has 1 unspecified atom stereocenters. The van der Waals surface area contributed by atoms with Gasteiger partial charge in [-0.3, -0.25) is 0 Å². The molecule has 1 aliphatic rings. The Morgan fingerprint density at radius 3 is 2.69 bits per heavy atom. The first-order valence-corrected chi connectivity index (χ1v) is 6.02. The normalized spacial score (nSPS) is 18.5. The van der Waals surface area contributed by atoms with E-state index < -0.39 is 6.10 Å². The maximum atomic E-state index is 9.85. The Hall–Kier alpha value is -0.770. The van der Waals surface area contributed by atoms with Gasteiger partial charge in [0.2, 0.25) is 0 Å². The van der Waals surface area contributed by atoms with Gasteiger partial charge in [-0.1, -0.05) is 18.2 Å². The molecule has 2 rings (SSSR count). The molecule has 88 valence electrons. The molecule has 3 nitrogen and oxygen atoms in total. The van der Waals surface area contributed by atoms with Gasteiger partial charge < -0.3 is 14.7 Å². The van der Waals surface area contributed by atoms with E-state index in [1.54, 1.807) is 0 Å². The minimum atomic E-state index is -0.597. The number of para-hydroxylation sites is 1. The predicted molar refractivity (Wildman–Crippen MR) is 65.2 cm³/mol.